The molecule has 12 heteroatoms. The van der Waals surface area contributed by atoms with Crippen LogP contribution in [-0.2, 0) is 19.0 Å². The lowest BCUT2D eigenvalue weighted by Gasteiger charge is -2.21. The van der Waals surface area contributed by atoms with Crippen molar-refractivity contribution < 1.29 is 42.1 Å². The van der Waals surface area contributed by atoms with Crippen LogP contribution in [0.25, 0.3) is 17.3 Å². The Morgan fingerprint density at radius 3 is 2.41 bits per heavy atom. The number of nitrogens with zero attached hydrogens (tertiary/aromatic N) is 1. The van der Waals surface area contributed by atoms with Crippen LogP contribution < -0.4 is 5.32 Å². The van der Waals surface area contributed by atoms with Gasteiger partial charge in [-0.25, -0.2) is 22.9 Å². The predicted octanol–water partition coefficient (Wildman–Crippen LogP) is 6.69. The molecular weight excluding hydrogens is 561 g/mol. The Hall–Kier alpha value is -3.74. The second kappa shape index (κ2) is 13.7. The first-order valence-electron chi connectivity index (χ1n) is 12.5. The molecule has 0 spiro atoms. The molecule has 0 saturated carbocycles. The molecule has 1 aromatic heterocycles. The van der Waals surface area contributed by atoms with Crippen LogP contribution in [0.4, 0.5) is 18.3 Å². The number of thiazole rings is 1. The lowest BCUT2D eigenvalue weighted by Crippen LogP contribution is -2.16. The Kier molecular flexibility index (Phi) is 10.7. The molecule has 220 valence electrons. The van der Waals surface area contributed by atoms with Crippen molar-refractivity contribution in [2.75, 3.05) is 32.8 Å². The second-order valence-electron chi connectivity index (χ2n) is 10.2. The molecule has 1 atom stereocenters. The Labute approximate surface area is 239 Å². The van der Waals surface area contributed by atoms with E-state index in [2.05, 4.69) is 35.8 Å². The number of carbonyl (C=O) groups is 2. The summed E-state index contributed by atoms with van der Waals surface area (Å²) in [6.07, 6.45) is 0.569. The monoisotopic (exact) mass is 592 g/mol. The zero-order chi connectivity index (χ0) is 30.3. The first-order chi connectivity index (χ1) is 19.3. The summed E-state index contributed by atoms with van der Waals surface area (Å²) in [4.78, 5) is 28.0. The molecule has 8 nitrogen and oxygen atoms in total. The number of carbonyl (C=O) groups excluding carboxylic acids is 1. The van der Waals surface area contributed by atoms with Crippen LogP contribution in [0.2, 0.25) is 0 Å². The number of aromatic nitrogens is 1. The summed E-state index contributed by atoms with van der Waals surface area (Å²) in [5.41, 5.74) is -0.261. The molecule has 0 fully saturated rings. The molecule has 0 aliphatic heterocycles. The van der Waals surface area contributed by atoms with Gasteiger partial charge in [0.1, 0.15) is 17.5 Å². The van der Waals surface area contributed by atoms with E-state index in [9.17, 15) is 18.4 Å². The number of methoxy groups -OCH3 is 2. The number of ether oxygens (including phenoxy) is 3. The van der Waals surface area contributed by atoms with Gasteiger partial charge in [0.15, 0.2) is 5.13 Å². The maximum absolute atomic E-state index is 15.5. The molecule has 0 bridgehead atoms. The van der Waals surface area contributed by atoms with E-state index in [1.165, 1.54) is 7.11 Å². The van der Waals surface area contributed by atoms with E-state index in [1.807, 2.05) is 0 Å². The molecule has 2 N–H and O–H groups in total. The molecule has 0 saturated heterocycles. The predicted molar refractivity (Wildman–Crippen MR) is 149 cm³/mol. The van der Waals surface area contributed by atoms with Crippen molar-refractivity contribution in [1.82, 2.24) is 4.98 Å². The maximum Gasteiger partial charge on any atom is 0.371 e. The third-order valence-electron chi connectivity index (χ3n) is 5.77. The van der Waals surface area contributed by atoms with Gasteiger partial charge < -0.3 is 19.3 Å². The smallest absolute Gasteiger partial charge is 0.371 e. The molecule has 1 amide bonds. The van der Waals surface area contributed by atoms with Crippen LogP contribution in [0.1, 0.15) is 54.8 Å². The molecular formula is C29H31F3N2O6S. The number of hydrogen-bond acceptors (Lipinski definition) is 7. The van der Waals surface area contributed by atoms with Gasteiger partial charge in [-0.1, -0.05) is 32.9 Å². The van der Waals surface area contributed by atoms with Gasteiger partial charge in [-0.15, -0.1) is 11.3 Å². The summed E-state index contributed by atoms with van der Waals surface area (Å²) >= 11 is 1.00. The van der Waals surface area contributed by atoms with Gasteiger partial charge in [-0.2, -0.15) is 0 Å². The number of anilines is 1. The van der Waals surface area contributed by atoms with Crippen LogP contribution in [0, 0.1) is 22.9 Å². The highest BCUT2D eigenvalue weighted by Crippen LogP contribution is 2.33. The van der Waals surface area contributed by atoms with E-state index in [1.54, 1.807) is 23.6 Å². The Balaban J connectivity index is 1.76. The van der Waals surface area contributed by atoms with Crippen LogP contribution >= 0.6 is 11.3 Å². The number of rotatable bonds is 12. The standard InChI is InChI=1S/C29H31F3N2O6S/c1-29(2,3)15-40-10-9-23(38-4)18-8-6-7-17(25(18)32)22-14-41-28(33-22)34-26(35)16-11-20(30)19(21(31)12-16)13-24(39-5)27(36)37/h6-8,11-14,23H,9-10,15H2,1-5H3,(H,36,37)(H,33,34,35). The summed E-state index contributed by atoms with van der Waals surface area (Å²) in [5.74, 6) is -5.92. The fraction of sp³-hybridized carbons (Fsp3) is 0.345. The topological polar surface area (TPSA) is 107 Å². The van der Waals surface area contributed by atoms with E-state index in [-0.39, 0.29) is 27.4 Å². The van der Waals surface area contributed by atoms with Gasteiger partial charge in [0.05, 0.1) is 25.5 Å². The summed E-state index contributed by atoms with van der Waals surface area (Å²) in [7, 11) is 2.54. The Morgan fingerprint density at radius 1 is 1.15 bits per heavy atom. The number of aliphatic carboxylic acids is 1. The molecule has 0 aliphatic rings. The molecule has 3 aromatic rings. The van der Waals surface area contributed by atoms with Gasteiger partial charge in [0.2, 0.25) is 5.76 Å². The quantitative estimate of drug-likeness (QED) is 0.137. The number of nitrogens with one attached hydrogen (secondary N) is 1. The van der Waals surface area contributed by atoms with Crippen molar-refractivity contribution in [3.8, 4) is 11.3 Å². The van der Waals surface area contributed by atoms with Crippen LogP contribution in [0.3, 0.4) is 0 Å². The summed E-state index contributed by atoms with van der Waals surface area (Å²) in [6.45, 7) is 7.11. The Bertz CT molecular complexity index is 1410. The lowest BCUT2D eigenvalue weighted by atomic mass is 9.98. The van der Waals surface area contributed by atoms with Crippen LogP contribution in [0.5, 0.6) is 0 Å². The highest BCUT2D eigenvalue weighted by molar-refractivity contribution is 7.14. The van der Waals surface area contributed by atoms with E-state index >= 15 is 4.39 Å². The molecule has 1 unspecified atom stereocenters. The molecule has 3 rings (SSSR count). The average Bonchev–Trinajstić information content (AvgIpc) is 3.36. The van der Waals surface area contributed by atoms with E-state index in [0.29, 0.717) is 31.3 Å². The summed E-state index contributed by atoms with van der Waals surface area (Å²) in [5, 5.41) is 13.1. The normalized spacial score (nSPS) is 12.7. The molecule has 2 aromatic carbocycles. The first kappa shape index (κ1) is 31.8. The third-order valence-corrected chi connectivity index (χ3v) is 6.53. The SMILES string of the molecule is COC(=Cc1c(F)cc(C(=O)Nc2nc(-c3cccc(C(CCOCC(C)(C)C)OC)c3F)cs2)cc1F)C(=O)O. The van der Waals surface area contributed by atoms with Crippen molar-refractivity contribution in [3.05, 3.63) is 75.6 Å². The minimum absolute atomic E-state index is 0.00465. The minimum atomic E-state index is -1.52. The zero-order valence-corrected chi connectivity index (χ0v) is 24.0. The number of carboxylic acids is 1. The van der Waals surface area contributed by atoms with E-state index in [4.69, 9.17) is 14.6 Å². The highest BCUT2D eigenvalue weighted by atomic mass is 32.1. The lowest BCUT2D eigenvalue weighted by molar-refractivity contribution is -0.135. The summed E-state index contributed by atoms with van der Waals surface area (Å²) < 4.78 is 60.4. The molecule has 1 heterocycles. The van der Waals surface area contributed by atoms with Gasteiger partial charge in [-0.05, 0) is 23.6 Å². The van der Waals surface area contributed by atoms with Crippen molar-refractivity contribution in [2.45, 2.75) is 33.3 Å². The van der Waals surface area contributed by atoms with Crippen molar-refractivity contribution in [1.29, 1.82) is 0 Å². The number of benzene rings is 2. The number of amides is 1. The van der Waals surface area contributed by atoms with Gasteiger partial charge >= 0.3 is 5.97 Å². The fourth-order valence-corrected chi connectivity index (χ4v) is 4.49. The van der Waals surface area contributed by atoms with Crippen molar-refractivity contribution in [3.63, 3.8) is 0 Å². The van der Waals surface area contributed by atoms with Gasteiger partial charge in [0.25, 0.3) is 5.91 Å². The molecule has 41 heavy (non-hydrogen) atoms. The van der Waals surface area contributed by atoms with E-state index < -0.39 is 46.8 Å². The average molecular weight is 593 g/mol. The maximum atomic E-state index is 15.5. The van der Waals surface area contributed by atoms with Crippen LogP contribution in [0.15, 0.2) is 41.5 Å². The minimum Gasteiger partial charge on any atom is -0.490 e. The van der Waals surface area contributed by atoms with Gasteiger partial charge in [0, 0.05) is 53.8 Å². The van der Waals surface area contributed by atoms with Crippen LogP contribution in [-0.4, -0.2) is 49.4 Å². The largest absolute Gasteiger partial charge is 0.490 e. The number of carboxylic acid groups (broad SMARTS) is 1. The first-order valence-corrected chi connectivity index (χ1v) is 13.4. The highest BCUT2D eigenvalue weighted by Gasteiger charge is 2.22. The van der Waals surface area contributed by atoms with E-state index in [0.717, 1.165) is 30.6 Å². The fourth-order valence-electron chi connectivity index (χ4n) is 3.78. The molecule has 0 aliphatic carbocycles. The number of halogens is 3. The Morgan fingerprint density at radius 2 is 1.83 bits per heavy atom. The van der Waals surface area contributed by atoms with Gasteiger partial charge in [-0.3, -0.25) is 10.1 Å². The zero-order valence-electron chi connectivity index (χ0n) is 23.2. The molecule has 0 radical (unpaired) electrons. The number of hydrogen-bond donors (Lipinski definition) is 2. The second-order valence-corrected chi connectivity index (χ2v) is 11.1. The summed E-state index contributed by atoms with van der Waals surface area (Å²) in [6, 6.07) is 6.36. The van der Waals surface area contributed by atoms with Crippen molar-refractivity contribution in [2.24, 2.45) is 5.41 Å². The third kappa shape index (κ3) is 8.38. The van der Waals surface area contributed by atoms with Crippen molar-refractivity contribution >= 4 is 34.4 Å².